The van der Waals surface area contributed by atoms with Crippen LogP contribution < -0.4 is 10.1 Å². The molecule has 0 saturated carbocycles. The van der Waals surface area contributed by atoms with E-state index in [1.807, 2.05) is 0 Å². The molecular formula is C22H16F4N4O2. The zero-order chi connectivity index (χ0) is 22.9. The van der Waals surface area contributed by atoms with Crippen molar-refractivity contribution >= 4 is 11.6 Å². The van der Waals surface area contributed by atoms with Gasteiger partial charge < -0.3 is 10.1 Å². The van der Waals surface area contributed by atoms with Crippen LogP contribution in [0.25, 0.3) is 5.69 Å². The van der Waals surface area contributed by atoms with Crippen molar-refractivity contribution in [1.29, 1.82) is 5.26 Å². The Balaban J connectivity index is 1.59. The summed E-state index contributed by atoms with van der Waals surface area (Å²) in [6.07, 6.45) is -2.49. The number of nitriles is 1. The van der Waals surface area contributed by atoms with Gasteiger partial charge in [0.05, 0.1) is 5.56 Å². The molecule has 6 nitrogen and oxygen atoms in total. The van der Waals surface area contributed by atoms with Gasteiger partial charge in [-0.25, -0.2) is 9.07 Å². The number of para-hydroxylation sites is 1. The molecule has 0 aliphatic heterocycles. The summed E-state index contributed by atoms with van der Waals surface area (Å²) in [7, 11) is 0. The van der Waals surface area contributed by atoms with E-state index in [2.05, 4.69) is 15.2 Å². The van der Waals surface area contributed by atoms with Crippen molar-refractivity contribution < 1.29 is 27.1 Å². The quantitative estimate of drug-likeness (QED) is 0.585. The standard InChI is InChI=1S/C22H16F4N4O2/c23-16-5-1-2-6-18(16)30-17-7-3-4-15(17)20(29-30)21(31)28-14-8-9-19(13(10-14)11-27)32-12-22(24,25)26/h1-2,5-6,8-10H,3-4,7,12H2,(H,28,31). The van der Waals surface area contributed by atoms with Crippen LogP contribution in [0, 0.1) is 17.1 Å². The summed E-state index contributed by atoms with van der Waals surface area (Å²) in [4.78, 5) is 12.9. The Kier molecular flexibility index (Phi) is 5.57. The molecular weight excluding hydrogens is 428 g/mol. The monoisotopic (exact) mass is 444 g/mol. The smallest absolute Gasteiger partial charge is 0.422 e. The van der Waals surface area contributed by atoms with Gasteiger partial charge in [-0.2, -0.15) is 23.5 Å². The average Bonchev–Trinajstić information content (AvgIpc) is 3.35. The summed E-state index contributed by atoms with van der Waals surface area (Å²) in [5, 5.41) is 16.2. The first kappa shape index (κ1) is 21.4. The number of alkyl halides is 3. The molecule has 1 aromatic heterocycles. The summed E-state index contributed by atoms with van der Waals surface area (Å²) in [5.74, 6) is -1.27. The summed E-state index contributed by atoms with van der Waals surface area (Å²) >= 11 is 0. The fraction of sp³-hybridized carbons (Fsp3) is 0.227. The maximum absolute atomic E-state index is 14.3. The molecule has 0 saturated heterocycles. The maximum Gasteiger partial charge on any atom is 0.422 e. The zero-order valence-electron chi connectivity index (χ0n) is 16.5. The second kappa shape index (κ2) is 8.34. The molecule has 2 aromatic carbocycles. The van der Waals surface area contributed by atoms with Crippen molar-refractivity contribution in [2.24, 2.45) is 0 Å². The molecule has 0 atom stereocenters. The van der Waals surface area contributed by atoms with Gasteiger partial charge in [-0.15, -0.1) is 0 Å². The van der Waals surface area contributed by atoms with E-state index in [4.69, 9.17) is 0 Å². The van der Waals surface area contributed by atoms with Crippen molar-refractivity contribution in [3.05, 3.63) is 70.8 Å². The summed E-state index contributed by atoms with van der Waals surface area (Å²) in [6.45, 7) is -1.53. The third-order valence-corrected chi connectivity index (χ3v) is 4.98. The molecule has 1 heterocycles. The lowest BCUT2D eigenvalue weighted by Gasteiger charge is -2.11. The first-order chi connectivity index (χ1) is 15.3. The number of aromatic nitrogens is 2. The Morgan fingerprint density at radius 3 is 2.72 bits per heavy atom. The van der Waals surface area contributed by atoms with Crippen LogP contribution in [0.2, 0.25) is 0 Å². The predicted octanol–water partition coefficient (Wildman–Crippen LogP) is 4.57. The maximum atomic E-state index is 14.3. The van der Waals surface area contributed by atoms with Gasteiger partial charge in [0.1, 0.15) is 23.3 Å². The highest BCUT2D eigenvalue weighted by Crippen LogP contribution is 2.30. The number of nitrogens with zero attached hydrogens (tertiary/aromatic N) is 3. The molecule has 0 bridgehead atoms. The Morgan fingerprint density at radius 1 is 1.22 bits per heavy atom. The molecule has 164 valence electrons. The molecule has 0 unspecified atom stereocenters. The van der Waals surface area contributed by atoms with Crippen LogP contribution in [-0.4, -0.2) is 28.5 Å². The fourth-order valence-electron chi connectivity index (χ4n) is 3.61. The highest BCUT2D eigenvalue weighted by Gasteiger charge is 2.30. The van der Waals surface area contributed by atoms with Crippen molar-refractivity contribution in [3.8, 4) is 17.5 Å². The number of rotatable bonds is 5. The number of ether oxygens (including phenoxy) is 1. The SMILES string of the molecule is N#Cc1cc(NC(=O)c2nn(-c3ccccc3F)c3c2CCC3)ccc1OCC(F)(F)F. The number of amides is 1. The number of fused-ring (bicyclic) bond motifs is 1. The van der Waals surface area contributed by atoms with Gasteiger partial charge in [-0.05, 0) is 49.6 Å². The zero-order valence-corrected chi connectivity index (χ0v) is 16.5. The lowest BCUT2D eigenvalue weighted by Crippen LogP contribution is -2.19. The molecule has 1 amide bonds. The number of hydrogen-bond donors (Lipinski definition) is 1. The summed E-state index contributed by atoms with van der Waals surface area (Å²) in [6, 6.07) is 11.6. The molecule has 3 aromatic rings. The molecule has 1 aliphatic carbocycles. The van der Waals surface area contributed by atoms with Crippen molar-refractivity contribution in [1.82, 2.24) is 9.78 Å². The molecule has 1 N–H and O–H groups in total. The molecule has 1 aliphatic rings. The number of benzene rings is 2. The molecule has 4 rings (SSSR count). The Hall–Kier alpha value is -3.87. The van der Waals surface area contributed by atoms with E-state index in [0.29, 0.717) is 12.8 Å². The van der Waals surface area contributed by atoms with Gasteiger partial charge in [-0.1, -0.05) is 12.1 Å². The minimum Gasteiger partial charge on any atom is -0.483 e. The number of anilines is 1. The van der Waals surface area contributed by atoms with E-state index in [0.717, 1.165) is 17.7 Å². The summed E-state index contributed by atoms with van der Waals surface area (Å²) in [5.41, 5.74) is 1.89. The third-order valence-electron chi connectivity index (χ3n) is 4.98. The Labute approximate surface area is 180 Å². The van der Waals surface area contributed by atoms with Gasteiger partial charge in [0.25, 0.3) is 5.91 Å². The molecule has 0 spiro atoms. The van der Waals surface area contributed by atoms with Crippen LogP contribution in [0.5, 0.6) is 5.75 Å². The second-order valence-corrected chi connectivity index (χ2v) is 7.17. The van der Waals surface area contributed by atoms with Gasteiger partial charge in [-0.3, -0.25) is 4.79 Å². The Bertz CT molecular complexity index is 1230. The summed E-state index contributed by atoms with van der Waals surface area (Å²) < 4.78 is 57.5. The fourth-order valence-corrected chi connectivity index (χ4v) is 3.61. The highest BCUT2D eigenvalue weighted by molar-refractivity contribution is 6.04. The lowest BCUT2D eigenvalue weighted by atomic mass is 10.1. The normalized spacial score (nSPS) is 12.8. The van der Waals surface area contributed by atoms with Crippen LogP contribution in [0.3, 0.4) is 0 Å². The highest BCUT2D eigenvalue weighted by atomic mass is 19.4. The van der Waals surface area contributed by atoms with Crippen molar-refractivity contribution in [3.63, 3.8) is 0 Å². The van der Waals surface area contributed by atoms with Crippen molar-refractivity contribution in [2.45, 2.75) is 25.4 Å². The van der Waals surface area contributed by atoms with Gasteiger partial charge in [0.15, 0.2) is 12.3 Å². The van der Waals surface area contributed by atoms with E-state index in [-0.39, 0.29) is 28.4 Å². The third kappa shape index (κ3) is 4.27. The van der Waals surface area contributed by atoms with E-state index >= 15 is 0 Å². The van der Waals surface area contributed by atoms with E-state index in [9.17, 15) is 27.6 Å². The number of halogens is 4. The largest absolute Gasteiger partial charge is 0.483 e. The average molecular weight is 444 g/mol. The minimum absolute atomic E-state index is 0.136. The van der Waals surface area contributed by atoms with Gasteiger partial charge in [0.2, 0.25) is 0 Å². The number of nitrogens with one attached hydrogen (secondary N) is 1. The van der Waals surface area contributed by atoms with E-state index in [1.165, 1.54) is 28.9 Å². The predicted molar refractivity (Wildman–Crippen MR) is 106 cm³/mol. The first-order valence-electron chi connectivity index (χ1n) is 9.67. The molecule has 0 radical (unpaired) electrons. The molecule has 10 heteroatoms. The van der Waals surface area contributed by atoms with Gasteiger partial charge in [0, 0.05) is 16.9 Å². The topological polar surface area (TPSA) is 79.9 Å². The van der Waals surface area contributed by atoms with Crippen LogP contribution in [-0.2, 0) is 12.8 Å². The van der Waals surface area contributed by atoms with Crippen LogP contribution >= 0.6 is 0 Å². The number of carbonyl (C=O) groups excluding carboxylic acids is 1. The van der Waals surface area contributed by atoms with Gasteiger partial charge >= 0.3 is 6.18 Å². The number of hydrogen-bond acceptors (Lipinski definition) is 4. The first-order valence-corrected chi connectivity index (χ1v) is 9.67. The lowest BCUT2D eigenvalue weighted by molar-refractivity contribution is -0.153. The molecule has 0 fully saturated rings. The number of carbonyl (C=O) groups is 1. The minimum atomic E-state index is -4.54. The van der Waals surface area contributed by atoms with Crippen molar-refractivity contribution in [2.75, 3.05) is 11.9 Å². The second-order valence-electron chi connectivity index (χ2n) is 7.17. The van der Waals surface area contributed by atoms with Crippen LogP contribution in [0.15, 0.2) is 42.5 Å². The van der Waals surface area contributed by atoms with E-state index < -0.39 is 24.5 Å². The molecule has 32 heavy (non-hydrogen) atoms. The Morgan fingerprint density at radius 2 is 2.00 bits per heavy atom. The van der Waals surface area contributed by atoms with Crippen LogP contribution in [0.4, 0.5) is 23.2 Å². The van der Waals surface area contributed by atoms with E-state index in [1.54, 1.807) is 24.3 Å². The van der Waals surface area contributed by atoms with Crippen LogP contribution in [0.1, 0.15) is 33.7 Å².